The average molecular weight is 220 g/mol. The molecular weight excluding hydrogens is 204 g/mol. The van der Waals surface area contributed by atoms with Gasteiger partial charge in [0.15, 0.2) is 0 Å². The molecule has 0 unspecified atom stereocenters. The average Bonchev–Trinajstić information content (AvgIpc) is 2.26. The van der Waals surface area contributed by atoms with Crippen molar-refractivity contribution in [2.75, 3.05) is 0 Å². The van der Waals surface area contributed by atoms with Crippen LogP contribution in [-0.2, 0) is 12.8 Å². The molecule has 2 amide bonds. The lowest BCUT2D eigenvalue weighted by molar-refractivity contribution is 0.0998. The van der Waals surface area contributed by atoms with E-state index >= 15 is 0 Å². The topological polar surface area (TPSA) is 86.2 Å². The van der Waals surface area contributed by atoms with E-state index in [9.17, 15) is 9.59 Å². The van der Waals surface area contributed by atoms with Gasteiger partial charge >= 0.3 is 0 Å². The van der Waals surface area contributed by atoms with Crippen molar-refractivity contribution >= 4 is 11.8 Å². The number of aryl methyl sites for hydroxylation is 1. The number of carbonyl (C=O) groups excluding carboxylic acids is 2. The molecule has 0 bridgehead atoms. The predicted molar refractivity (Wildman–Crippen MR) is 62.2 cm³/mol. The molecule has 0 aliphatic carbocycles. The van der Waals surface area contributed by atoms with Gasteiger partial charge in [-0.2, -0.15) is 0 Å². The number of nitrogens with two attached hydrogens (primary N) is 2. The highest BCUT2D eigenvalue weighted by molar-refractivity contribution is 6.02. The molecule has 0 atom stereocenters. The highest BCUT2D eigenvalue weighted by Crippen LogP contribution is 2.20. The number of hydrogen-bond donors (Lipinski definition) is 2. The van der Waals surface area contributed by atoms with Crippen LogP contribution in [0, 0.1) is 0 Å². The summed E-state index contributed by atoms with van der Waals surface area (Å²) < 4.78 is 0. The first-order valence-corrected chi connectivity index (χ1v) is 5.27. The molecule has 4 heteroatoms. The summed E-state index contributed by atoms with van der Waals surface area (Å²) >= 11 is 0. The Morgan fingerprint density at radius 2 is 1.69 bits per heavy atom. The Hall–Kier alpha value is -1.84. The van der Waals surface area contributed by atoms with E-state index in [1.54, 1.807) is 12.1 Å². The van der Waals surface area contributed by atoms with Crippen LogP contribution in [0.5, 0.6) is 0 Å². The normalized spacial score (nSPS) is 10.1. The van der Waals surface area contributed by atoms with Crippen LogP contribution in [0.2, 0.25) is 0 Å². The molecule has 0 saturated carbocycles. The maximum atomic E-state index is 11.4. The summed E-state index contributed by atoms with van der Waals surface area (Å²) in [5.74, 6) is -1.03. The first kappa shape index (κ1) is 12.2. The van der Waals surface area contributed by atoms with E-state index in [-0.39, 0.29) is 0 Å². The molecule has 0 heterocycles. The smallest absolute Gasteiger partial charge is 0.249 e. The summed E-state index contributed by atoms with van der Waals surface area (Å²) in [4.78, 5) is 22.6. The maximum absolute atomic E-state index is 11.4. The monoisotopic (exact) mass is 220 g/mol. The summed E-state index contributed by atoms with van der Waals surface area (Å²) in [5.41, 5.74) is 12.9. The molecule has 0 saturated heterocycles. The van der Waals surface area contributed by atoms with Crippen molar-refractivity contribution in [1.82, 2.24) is 0 Å². The molecule has 0 radical (unpaired) electrons. The van der Waals surface area contributed by atoms with Crippen LogP contribution in [0.4, 0.5) is 0 Å². The lowest BCUT2D eigenvalue weighted by atomic mass is 9.92. The zero-order valence-electron chi connectivity index (χ0n) is 9.54. The number of rotatable bonds is 4. The quantitative estimate of drug-likeness (QED) is 0.793. The molecule has 0 spiro atoms. The number of primary amides is 2. The molecule has 4 nitrogen and oxygen atoms in total. The van der Waals surface area contributed by atoms with Crippen molar-refractivity contribution < 1.29 is 9.59 Å². The van der Waals surface area contributed by atoms with Crippen molar-refractivity contribution in [2.45, 2.75) is 26.7 Å². The van der Waals surface area contributed by atoms with Gasteiger partial charge in [-0.05, 0) is 30.0 Å². The summed E-state index contributed by atoms with van der Waals surface area (Å²) in [7, 11) is 0. The standard InChI is InChI=1S/C12H16N2O2/c1-3-7-5-6-9(11(13)15)8(4-2)10(7)12(14)16/h5-6H,3-4H2,1-2H3,(H2,13,15)(H2,14,16). The van der Waals surface area contributed by atoms with E-state index in [1.165, 1.54) is 0 Å². The lowest BCUT2D eigenvalue weighted by Gasteiger charge is -2.13. The van der Waals surface area contributed by atoms with Gasteiger partial charge in [-0.1, -0.05) is 19.9 Å². The summed E-state index contributed by atoms with van der Waals surface area (Å²) in [6, 6.07) is 3.39. The zero-order valence-corrected chi connectivity index (χ0v) is 9.54. The van der Waals surface area contributed by atoms with E-state index in [1.807, 2.05) is 13.8 Å². The van der Waals surface area contributed by atoms with Crippen LogP contribution in [0.25, 0.3) is 0 Å². The largest absolute Gasteiger partial charge is 0.366 e. The minimum Gasteiger partial charge on any atom is -0.366 e. The second-order valence-corrected chi connectivity index (χ2v) is 3.56. The Balaban J connectivity index is 3.56. The Labute approximate surface area is 94.6 Å². The third-order valence-corrected chi connectivity index (χ3v) is 2.65. The van der Waals surface area contributed by atoms with E-state index in [0.29, 0.717) is 29.5 Å². The fraction of sp³-hybridized carbons (Fsp3) is 0.333. The first-order chi connectivity index (χ1) is 7.52. The fourth-order valence-electron chi connectivity index (χ4n) is 1.90. The van der Waals surface area contributed by atoms with Gasteiger partial charge < -0.3 is 11.5 Å². The van der Waals surface area contributed by atoms with Gasteiger partial charge in [0.25, 0.3) is 0 Å². The van der Waals surface area contributed by atoms with Crippen LogP contribution >= 0.6 is 0 Å². The first-order valence-electron chi connectivity index (χ1n) is 5.27. The molecule has 86 valence electrons. The molecule has 1 aromatic carbocycles. The van der Waals surface area contributed by atoms with Crippen molar-refractivity contribution in [3.8, 4) is 0 Å². The minimum absolute atomic E-state index is 0.383. The van der Waals surface area contributed by atoms with Crippen LogP contribution in [0.3, 0.4) is 0 Å². The molecule has 1 aromatic rings. The van der Waals surface area contributed by atoms with E-state index in [0.717, 1.165) is 5.56 Å². The van der Waals surface area contributed by atoms with Gasteiger partial charge in [0.05, 0.1) is 0 Å². The SMILES string of the molecule is CCc1ccc(C(N)=O)c(CC)c1C(N)=O. The van der Waals surface area contributed by atoms with Crippen LogP contribution in [0.1, 0.15) is 45.7 Å². The third kappa shape index (κ3) is 2.05. The maximum Gasteiger partial charge on any atom is 0.249 e. The highest BCUT2D eigenvalue weighted by Gasteiger charge is 2.17. The van der Waals surface area contributed by atoms with Gasteiger partial charge in [-0.3, -0.25) is 9.59 Å². The van der Waals surface area contributed by atoms with E-state index in [4.69, 9.17) is 11.5 Å². The summed E-state index contributed by atoms with van der Waals surface area (Å²) in [6.45, 7) is 3.80. The minimum atomic E-state index is -0.526. The molecule has 0 aliphatic rings. The molecule has 0 aliphatic heterocycles. The van der Waals surface area contributed by atoms with Crippen LogP contribution in [-0.4, -0.2) is 11.8 Å². The van der Waals surface area contributed by atoms with Crippen molar-refractivity contribution in [2.24, 2.45) is 11.5 Å². The Morgan fingerprint density at radius 1 is 1.06 bits per heavy atom. The van der Waals surface area contributed by atoms with Crippen molar-refractivity contribution in [3.63, 3.8) is 0 Å². The molecule has 16 heavy (non-hydrogen) atoms. The van der Waals surface area contributed by atoms with Gasteiger partial charge in [-0.25, -0.2) is 0 Å². The van der Waals surface area contributed by atoms with Gasteiger partial charge in [0, 0.05) is 11.1 Å². The van der Waals surface area contributed by atoms with Crippen molar-refractivity contribution in [1.29, 1.82) is 0 Å². The molecular formula is C12H16N2O2. The second-order valence-electron chi connectivity index (χ2n) is 3.56. The number of carbonyl (C=O) groups is 2. The summed E-state index contributed by atoms with van der Waals surface area (Å²) in [6.07, 6.45) is 1.26. The zero-order chi connectivity index (χ0) is 12.3. The Kier molecular flexibility index (Phi) is 3.66. The molecule has 1 rings (SSSR count). The molecule has 0 aromatic heterocycles. The van der Waals surface area contributed by atoms with Gasteiger partial charge in [-0.15, -0.1) is 0 Å². The van der Waals surface area contributed by atoms with Gasteiger partial charge in [0.1, 0.15) is 0 Å². The third-order valence-electron chi connectivity index (χ3n) is 2.65. The highest BCUT2D eigenvalue weighted by atomic mass is 16.1. The van der Waals surface area contributed by atoms with Crippen LogP contribution < -0.4 is 11.5 Å². The van der Waals surface area contributed by atoms with E-state index < -0.39 is 11.8 Å². The predicted octanol–water partition coefficient (Wildman–Crippen LogP) is 1.01. The molecule has 4 N–H and O–H groups in total. The number of hydrogen-bond acceptors (Lipinski definition) is 2. The second kappa shape index (κ2) is 4.79. The van der Waals surface area contributed by atoms with Crippen molar-refractivity contribution in [3.05, 3.63) is 34.4 Å². The van der Waals surface area contributed by atoms with E-state index in [2.05, 4.69) is 0 Å². The Bertz CT molecular complexity index is 439. The Morgan fingerprint density at radius 3 is 2.06 bits per heavy atom. The number of amides is 2. The lowest BCUT2D eigenvalue weighted by Crippen LogP contribution is -2.21. The summed E-state index contributed by atoms with van der Waals surface area (Å²) in [5, 5.41) is 0. The number of benzene rings is 1. The van der Waals surface area contributed by atoms with Crippen LogP contribution in [0.15, 0.2) is 12.1 Å². The molecule has 0 fully saturated rings. The fourth-order valence-corrected chi connectivity index (χ4v) is 1.90. The van der Waals surface area contributed by atoms with Gasteiger partial charge in [0.2, 0.25) is 11.8 Å².